The maximum atomic E-state index is 5.98. The van der Waals surface area contributed by atoms with E-state index < -0.39 is 0 Å². The molecule has 2 N–H and O–H groups in total. The second-order valence-corrected chi connectivity index (χ2v) is 5.15. The number of ether oxygens (including phenoxy) is 3. The zero-order valence-corrected chi connectivity index (χ0v) is 12.5. The molecule has 0 aromatic heterocycles. The third-order valence-electron chi connectivity index (χ3n) is 3.62. The van der Waals surface area contributed by atoms with Gasteiger partial charge in [-0.15, -0.1) is 0 Å². The summed E-state index contributed by atoms with van der Waals surface area (Å²) >= 11 is 0. The molecule has 20 heavy (non-hydrogen) atoms. The van der Waals surface area contributed by atoms with Crippen LogP contribution in [0.2, 0.25) is 0 Å². The van der Waals surface area contributed by atoms with Gasteiger partial charge in [0.2, 0.25) is 0 Å². The molecule has 1 aliphatic rings. The highest BCUT2D eigenvalue weighted by Crippen LogP contribution is 2.31. The first-order valence-electron chi connectivity index (χ1n) is 7.00. The number of rotatable bonds is 6. The van der Waals surface area contributed by atoms with E-state index in [0.29, 0.717) is 26.0 Å². The summed E-state index contributed by atoms with van der Waals surface area (Å²) in [5.74, 6) is 0.925. The van der Waals surface area contributed by atoms with Gasteiger partial charge in [-0.05, 0) is 25.6 Å². The number of fused-ring (bicyclic) bond motifs is 1. The maximum absolute atomic E-state index is 5.98. The van der Waals surface area contributed by atoms with E-state index in [2.05, 4.69) is 18.7 Å². The number of nitrogen functional groups attached to an aromatic ring is 1. The van der Waals surface area contributed by atoms with Crippen molar-refractivity contribution in [1.29, 1.82) is 0 Å². The number of anilines is 1. The Morgan fingerprint density at radius 1 is 1.45 bits per heavy atom. The fourth-order valence-corrected chi connectivity index (χ4v) is 2.59. The maximum Gasteiger partial charge on any atom is 0.189 e. The standard InChI is InChI=1S/C15H24N2O3/c1-4-17(11(2)8-18-3)7-12-5-14(16)6-13-9-19-10-20-15(12)13/h5-6,11H,4,7-10,16H2,1-3H3. The monoisotopic (exact) mass is 280 g/mol. The summed E-state index contributed by atoms with van der Waals surface area (Å²) in [7, 11) is 1.73. The van der Waals surface area contributed by atoms with Gasteiger partial charge in [-0.1, -0.05) is 6.92 Å². The van der Waals surface area contributed by atoms with E-state index in [0.717, 1.165) is 35.7 Å². The van der Waals surface area contributed by atoms with Gasteiger partial charge in [0.15, 0.2) is 6.79 Å². The van der Waals surface area contributed by atoms with E-state index in [1.807, 2.05) is 12.1 Å². The lowest BCUT2D eigenvalue weighted by Gasteiger charge is -2.29. The molecule has 2 rings (SSSR count). The molecular formula is C15H24N2O3. The minimum atomic E-state index is 0.309. The van der Waals surface area contributed by atoms with Crippen LogP contribution in [0.3, 0.4) is 0 Å². The summed E-state index contributed by atoms with van der Waals surface area (Å²) in [4.78, 5) is 2.34. The van der Waals surface area contributed by atoms with Crippen LogP contribution in [0.4, 0.5) is 5.69 Å². The molecule has 0 fully saturated rings. The van der Waals surface area contributed by atoms with Crippen LogP contribution in [0.5, 0.6) is 5.75 Å². The van der Waals surface area contributed by atoms with Crippen LogP contribution in [0.1, 0.15) is 25.0 Å². The second-order valence-electron chi connectivity index (χ2n) is 5.15. The number of benzene rings is 1. The topological polar surface area (TPSA) is 57.0 Å². The summed E-state index contributed by atoms with van der Waals surface area (Å²) < 4.78 is 16.2. The highest BCUT2D eigenvalue weighted by Gasteiger charge is 2.19. The van der Waals surface area contributed by atoms with Gasteiger partial charge in [0.25, 0.3) is 0 Å². The zero-order chi connectivity index (χ0) is 14.5. The molecular weight excluding hydrogens is 256 g/mol. The predicted octanol–water partition coefficient (Wildman–Crippen LogP) is 1.99. The van der Waals surface area contributed by atoms with Crippen molar-refractivity contribution in [3.8, 4) is 5.75 Å². The van der Waals surface area contributed by atoms with Crippen molar-refractivity contribution in [2.45, 2.75) is 33.0 Å². The lowest BCUT2D eigenvalue weighted by atomic mass is 10.1. The molecule has 1 aromatic carbocycles. The molecule has 1 heterocycles. The Bertz CT molecular complexity index is 451. The van der Waals surface area contributed by atoms with E-state index >= 15 is 0 Å². The average molecular weight is 280 g/mol. The van der Waals surface area contributed by atoms with Gasteiger partial charge in [0, 0.05) is 36.5 Å². The minimum absolute atomic E-state index is 0.309. The number of nitrogens with zero attached hydrogens (tertiary/aromatic N) is 1. The molecule has 1 atom stereocenters. The van der Waals surface area contributed by atoms with E-state index in [1.165, 1.54) is 0 Å². The van der Waals surface area contributed by atoms with E-state index in [-0.39, 0.29) is 0 Å². The van der Waals surface area contributed by atoms with Crippen molar-refractivity contribution in [2.75, 3.05) is 32.8 Å². The van der Waals surface area contributed by atoms with Gasteiger partial charge in [-0.2, -0.15) is 0 Å². The van der Waals surface area contributed by atoms with Crippen molar-refractivity contribution in [2.24, 2.45) is 0 Å². The summed E-state index contributed by atoms with van der Waals surface area (Å²) in [6.07, 6.45) is 0. The van der Waals surface area contributed by atoms with Crippen molar-refractivity contribution in [3.63, 3.8) is 0 Å². The number of likely N-dealkylation sites (N-methyl/N-ethyl adjacent to an activating group) is 1. The molecule has 0 spiro atoms. The molecule has 5 nitrogen and oxygen atoms in total. The lowest BCUT2D eigenvalue weighted by Crippen LogP contribution is -2.35. The van der Waals surface area contributed by atoms with E-state index in [9.17, 15) is 0 Å². The Hall–Kier alpha value is -1.30. The van der Waals surface area contributed by atoms with Crippen LogP contribution in [-0.4, -0.2) is 38.0 Å². The van der Waals surface area contributed by atoms with Crippen LogP contribution in [0, 0.1) is 0 Å². The van der Waals surface area contributed by atoms with Gasteiger partial charge in [-0.3, -0.25) is 4.90 Å². The van der Waals surface area contributed by atoms with Gasteiger partial charge in [0.05, 0.1) is 13.2 Å². The Kier molecular flexibility index (Phi) is 5.23. The molecule has 0 saturated carbocycles. The van der Waals surface area contributed by atoms with Crippen LogP contribution in [-0.2, 0) is 22.6 Å². The summed E-state index contributed by atoms with van der Waals surface area (Å²) in [6, 6.07) is 4.26. The lowest BCUT2D eigenvalue weighted by molar-refractivity contribution is -0.0176. The summed E-state index contributed by atoms with van der Waals surface area (Å²) in [5.41, 5.74) is 8.88. The highest BCUT2D eigenvalue weighted by molar-refractivity contribution is 5.53. The van der Waals surface area contributed by atoms with E-state index in [1.54, 1.807) is 7.11 Å². The van der Waals surface area contributed by atoms with Crippen molar-refractivity contribution < 1.29 is 14.2 Å². The number of hydrogen-bond acceptors (Lipinski definition) is 5. The molecule has 0 saturated heterocycles. The molecule has 0 radical (unpaired) electrons. The molecule has 1 aliphatic heterocycles. The fraction of sp³-hybridized carbons (Fsp3) is 0.600. The Morgan fingerprint density at radius 2 is 2.25 bits per heavy atom. The van der Waals surface area contributed by atoms with Gasteiger partial charge >= 0.3 is 0 Å². The average Bonchev–Trinajstić information content (AvgIpc) is 2.44. The minimum Gasteiger partial charge on any atom is -0.467 e. The molecule has 112 valence electrons. The van der Waals surface area contributed by atoms with Crippen LogP contribution in [0.25, 0.3) is 0 Å². The smallest absolute Gasteiger partial charge is 0.189 e. The van der Waals surface area contributed by atoms with Gasteiger partial charge in [0.1, 0.15) is 5.75 Å². The first-order valence-corrected chi connectivity index (χ1v) is 7.00. The molecule has 0 bridgehead atoms. The molecule has 1 unspecified atom stereocenters. The first kappa shape index (κ1) is 15.1. The van der Waals surface area contributed by atoms with Crippen molar-refractivity contribution >= 4 is 5.69 Å². The second kappa shape index (κ2) is 6.92. The molecule has 0 aliphatic carbocycles. The molecule has 1 aromatic rings. The number of nitrogens with two attached hydrogens (primary N) is 1. The van der Waals surface area contributed by atoms with Crippen molar-refractivity contribution in [3.05, 3.63) is 23.3 Å². The van der Waals surface area contributed by atoms with Gasteiger partial charge < -0.3 is 19.9 Å². The molecule has 5 heteroatoms. The number of hydrogen-bond donors (Lipinski definition) is 1. The zero-order valence-electron chi connectivity index (χ0n) is 12.5. The Balaban J connectivity index is 2.21. The quantitative estimate of drug-likeness (QED) is 0.808. The number of methoxy groups -OCH3 is 1. The van der Waals surface area contributed by atoms with E-state index in [4.69, 9.17) is 19.9 Å². The van der Waals surface area contributed by atoms with Crippen LogP contribution in [0.15, 0.2) is 12.1 Å². The Morgan fingerprint density at radius 3 is 2.95 bits per heavy atom. The third kappa shape index (κ3) is 3.42. The SMILES string of the molecule is CCN(Cc1cc(N)cc2c1OCOC2)C(C)COC. The largest absolute Gasteiger partial charge is 0.467 e. The normalized spacial score (nSPS) is 15.8. The third-order valence-corrected chi connectivity index (χ3v) is 3.62. The molecule has 0 amide bonds. The van der Waals surface area contributed by atoms with Crippen LogP contribution >= 0.6 is 0 Å². The Labute approximate surface area is 120 Å². The summed E-state index contributed by atoms with van der Waals surface area (Å²) in [5, 5.41) is 0. The predicted molar refractivity (Wildman–Crippen MR) is 78.6 cm³/mol. The first-order chi connectivity index (χ1) is 9.65. The van der Waals surface area contributed by atoms with Crippen molar-refractivity contribution in [1.82, 2.24) is 4.90 Å². The van der Waals surface area contributed by atoms with Crippen LogP contribution < -0.4 is 10.5 Å². The summed E-state index contributed by atoms with van der Waals surface area (Å²) in [6.45, 7) is 7.64. The highest BCUT2D eigenvalue weighted by atomic mass is 16.7. The van der Waals surface area contributed by atoms with Gasteiger partial charge in [-0.25, -0.2) is 0 Å². The fourth-order valence-electron chi connectivity index (χ4n) is 2.59.